The molecular weight excluding hydrogens is 753 g/mol. The summed E-state index contributed by atoms with van der Waals surface area (Å²) in [6, 6.07) is 0. The van der Waals surface area contributed by atoms with Gasteiger partial charge in [-0.15, -0.1) is 0 Å². The number of phosphoric acid groups is 1. The molecule has 3 atom stereocenters. The highest BCUT2D eigenvalue weighted by molar-refractivity contribution is 7.47. The molecule has 2 unspecified atom stereocenters. The lowest BCUT2D eigenvalue weighted by Gasteiger charge is -2.19. The topological polar surface area (TPSA) is 155 Å². The number of allylic oxidation sites excluding steroid dienone is 16. The van der Waals surface area contributed by atoms with Crippen LogP contribution in [-0.4, -0.2) is 60.5 Å². The zero-order chi connectivity index (χ0) is 42.6. The second-order valence-corrected chi connectivity index (χ2v) is 15.1. The molecule has 0 spiro atoms. The van der Waals surface area contributed by atoms with Crippen LogP contribution in [0.1, 0.15) is 136 Å². The third kappa shape index (κ3) is 40.8. The van der Waals surface area contributed by atoms with Gasteiger partial charge >= 0.3 is 19.8 Å². The van der Waals surface area contributed by atoms with Gasteiger partial charge < -0.3 is 25.2 Å². The average molecular weight is 830 g/mol. The van der Waals surface area contributed by atoms with Gasteiger partial charge in [-0.2, -0.15) is 0 Å². The zero-order valence-corrected chi connectivity index (χ0v) is 36.5. The first-order valence-electron chi connectivity index (χ1n) is 21.5. The quantitative estimate of drug-likeness (QED) is 0.0180. The highest BCUT2D eigenvalue weighted by atomic mass is 31.2. The summed E-state index contributed by atoms with van der Waals surface area (Å²) in [5.74, 6) is -1.03. The fourth-order valence-corrected chi connectivity index (χ4v) is 5.82. The van der Waals surface area contributed by atoms with Crippen LogP contribution in [0.4, 0.5) is 0 Å². The van der Waals surface area contributed by atoms with Crippen LogP contribution in [0.15, 0.2) is 109 Å². The lowest BCUT2D eigenvalue weighted by molar-refractivity contribution is -0.161. The largest absolute Gasteiger partial charge is 0.472 e. The Labute approximate surface area is 351 Å². The van der Waals surface area contributed by atoms with Crippen molar-refractivity contribution < 1.29 is 42.7 Å². The van der Waals surface area contributed by atoms with E-state index in [0.717, 1.165) is 38.5 Å². The van der Waals surface area contributed by atoms with Crippen molar-refractivity contribution in [2.45, 2.75) is 148 Å². The number of unbranched alkanes of at least 4 members (excludes halogenated alkanes) is 7. The molecule has 58 heavy (non-hydrogen) atoms. The van der Waals surface area contributed by atoms with E-state index in [-0.39, 0.29) is 32.6 Å². The van der Waals surface area contributed by atoms with Crippen molar-refractivity contribution >= 4 is 19.8 Å². The minimum atomic E-state index is -4.43. The number of ether oxygens (including phenoxy) is 2. The molecular formula is C47H76NO9P. The summed E-state index contributed by atoms with van der Waals surface area (Å²) < 4.78 is 32.6. The number of carbonyl (C=O) groups excluding carboxylic acids is 2. The third-order valence-corrected chi connectivity index (χ3v) is 9.22. The molecule has 0 heterocycles. The first kappa shape index (κ1) is 54.6. The SMILES string of the molecule is CC/C=C\C/C=C\CC(O)/C=C/C=C\C/C=C\C/C=C\CCC(=O)OC[C@H](COP(=O)(O)OCCN)OC(=O)CCC/C=C\C/C=C\C/C=C\CCCCCCCC. The Morgan fingerprint density at radius 3 is 1.84 bits per heavy atom. The molecule has 0 aliphatic heterocycles. The zero-order valence-electron chi connectivity index (χ0n) is 35.6. The average Bonchev–Trinajstić information content (AvgIpc) is 3.21. The molecule has 0 fully saturated rings. The van der Waals surface area contributed by atoms with Gasteiger partial charge in [0.15, 0.2) is 6.10 Å². The van der Waals surface area contributed by atoms with Crippen LogP contribution in [0.2, 0.25) is 0 Å². The molecule has 10 nitrogen and oxygen atoms in total. The van der Waals surface area contributed by atoms with E-state index in [1.165, 1.54) is 38.5 Å². The number of hydrogen-bond acceptors (Lipinski definition) is 9. The molecule has 0 amide bonds. The van der Waals surface area contributed by atoms with E-state index >= 15 is 0 Å². The maximum absolute atomic E-state index is 12.6. The summed E-state index contributed by atoms with van der Waals surface area (Å²) in [4.78, 5) is 34.8. The molecule has 0 saturated heterocycles. The van der Waals surface area contributed by atoms with Crippen molar-refractivity contribution in [1.82, 2.24) is 0 Å². The normalized spacial score (nSPS) is 14.9. The van der Waals surface area contributed by atoms with Gasteiger partial charge in [0.25, 0.3) is 0 Å². The lowest BCUT2D eigenvalue weighted by Crippen LogP contribution is -2.29. The molecule has 11 heteroatoms. The summed E-state index contributed by atoms with van der Waals surface area (Å²) in [5.41, 5.74) is 5.33. The summed E-state index contributed by atoms with van der Waals surface area (Å²) in [7, 11) is -4.43. The van der Waals surface area contributed by atoms with E-state index < -0.39 is 38.6 Å². The first-order chi connectivity index (χ1) is 28.2. The predicted octanol–water partition coefficient (Wildman–Crippen LogP) is 11.4. The Morgan fingerprint density at radius 2 is 1.19 bits per heavy atom. The second kappa shape index (κ2) is 41.8. The van der Waals surface area contributed by atoms with E-state index in [4.69, 9.17) is 24.3 Å². The van der Waals surface area contributed by atoms with Gasteiger partial charge in [0.1, 0.15) is 6.61 Å². The predicted molar refractivity (Wildman–Crippen MR) is 239 cm³/mol. The van der Waals surface area contributed by atoms with Gasteiger partial charge in [-0.05, 0) is 77.0 Å². The summed E-state index contributed by atoms with van der Waals surface area (Å²) in [5, 5.41) is 9.99. The van der Waals surface area contributed by atoms with Gasteiger partial charge in [-0.25, -0.2) is 4.57 Å². The van der Waals surface area contributed by atoms with Crippen LogP contribution in [0.5, 0.6) is 0 Å². The van der Waals surface area contributed by atoms with Crippen LogP contribution in [-0.2, 0) is 32.7 Å². The van der Waals surface area contributed by atoms with Crippen LogP contribution < -0.4 is 5.73 Å². The fraction of sp³-hybridized carbons (Fsp3) is 0.574. The standard InChI is InChI=1S/C47H76NO9P/c1-3-5-7-9-11-12-13-14-15-16-17-18-19-24-27-31-35-39-47(51)57-45(43-56-58(52,53)55-41-40-48)42-54-46(50)38-34-30-26-23-21-20-22-25-29-33-37-44(49)36-32-28-10-8-6-4-2/h6,8,14-15,17-18,20-21,24-30,32-33,37,44-45,49H,3-5,7,9-13,16,19,22-23,31,34-36,38-43,48H2,1-2H3,(H,52,53)/b8-6-,15-14-,18-17-,21-20-,27-24-,29-25-,30-26-,32-28-,37-33+/t44?,45-/m1/s1. The van der Waals surface area contributed by atoms with Crippen LogP contribution in [0.25, 0.3) is 0 Å². The summed E-state index contributed by atoms with van der Waals surface area (Å²) in [6.07, 6.45) is 51.7. The maximum atomic E-state index is 12.6. The highest BCUT2D eigenvalue weighted by Gasteiger charge is 2.25. The molecule has 0 aromatic carbocycles. The monoisotopic (exact) mass is 830 g/mol. The first-order valence-corrected chi connectivity index (χ1v) is 23.0. The van der Waals surface area contributed by atoms with Crippen LogP contribution in [0, 0.1) is 0 Å². The molecule has 0 radical (unpaired) electrons. The molecule has 328 valence electrons. The van der Waals surface area contributed by atoms with E-state index in [0.29, 0.717) is 32.1 Å². The smallest absolute Gasteiger partial charge is 0.462 e. The van der Waals surface area contributed by atoms with Crippen molar-refractivity contribution in [3.05, 3.63) is 109 Å². The van der Waals surface area contributed by atoms with Gasteiger partial charge in [-0.3, -0.25) is 18.6 Å². The summed E-state index contributed by atoms with van der Waals surface area (Å²) >= 11 is 0. The Bertz CT molecular complexity index is 1330. The van der Waals surface area contributed by atoms with Gasteiger partial charge in [0, 0.05) is 19.4 Å². The van der Waals surface area contributed by atoms with Crippen LogP contribution in [0.3, 0.4) is 0 Å². The molecule has 0 rings (SSSR count). The molecule has 0 aromatic heterocycles. The Kier molecular flexibility index (Phi) is 39.4. The minimum Gasteiger partial charge on any atom is -0.462 e. The Morgan fingerprint density at radius 1 is 0.621 bits per heavy atom. The van der Waals surface area contributed by atoms with Crippen molar-refractivity contribution in [3.8, 4) is 0 Å². The van der Waals surface area contributed by atoms with E-state index in [1.54, 1.807) is 6.08 Å². The van der Waals surface area contributed by atoms with Crippen molar-refractivity contribution in [3.63, 3.8) is 0 Å². The highest BCUT2D eigenvalue weighted by Crippen LogP contribution is 2.43. The van der Waals surface area contributed by atoms with Gasteiger partial charge in [0.05, 0.1) is 19.3 Å². The third-order valence-electron chi connectivity index (χ3n) is 8.24. The number of phosphoric ester groups is 1. The molecule has 0 aromatic rings. The molecule has 0 saturated carbocycles. The van der Waals surface area contributed by atoms with Gasteiger partial charge in [-0.1, -0.05) is 155 Å². The number of hydrogen-bond donors (Lipinski definition) is 3. The van der Waals surface area contributed by atoms with Crippen molar-refractivity contribution in [2.75, 3.05) is 26.4 Å². The van der Waals surface area contributed by atoms with Crippen molar-refractivity contribution in [1.29, 1.82) is 0 Å². The number of rotatable bonds is 38. The molecule has 0 aliphatic carbocycles. The molecule has 0 bridgehead atoms. The molecule has 0 aliphatic rings. The Balaban J connectivity index is 4.45. The van der Waals surface area contributed by atoms with E-state index in [2.05, 4.69) is 62.5 Å². The number of carbonyl (C=O) groups is 2. The fourth-order valence-electron chi connectivity index (χ4n) is 5.05. The van der Waals surface area contributed by atoms with E-state index in [9.17, 15) is 24.2 Å². The second-order valence-electron chi connectivity index (χ2n) is 13.7. The number of aliphatic hydroxyl groups excluding tert-OH is 1. The number of esters is 2. The van der Waals surface area contributed by atoms with E-state index in [1.807, 2.05) is 54.7 Å². The molecule has 4 N–H and O–H groups in total. The van der Waals surface area contributed by atoms with Crippen LogP contribution >= 0.6 is 7.82 Å². The number of aliphatic hydroxyl groups is 1. The van der Waals surface area contributed by atoms with Crippen molar-refractivity contribution in [2.24, 2.45) is 5.73 Å². The Hall–Kier alpha value is -3.37. The van der Waals surface area contributed by atoms with Gasteiger partial charge in [0.2, 0.25) is 0 Å². The lowest BCUT2D eigenvalue weighted by atomic mass is 10.1. The number of nitrogens with two attached hydrogens (primary N) is 1. The maximum Gasteiger partial charge on any atom is 0.472 e. The summed E-state index contributed by atoms with van der Waals surface area (Å²) in [6.45, 7) is 3.35. The minimum absolute atomic E-state index is 0.0222.